The molecule has 0 aliphatic heterocycles. The Morgan fingerprint density at radius 2 is 2.23 bits per heavy atom. The maximum Gasteiger partial charge on any atom is 0.282 e. The molecular weight excluding hydrogens is 190 g/mol. The molecule has 0 fully saturated rings. The van der Waals surface area contributed by atoms with E-state index >= 15 is 0 Å². The van der Waals surface area contributed by atoms with E-state index in [2.05, 4.69) is 9.97 Å². The third-order valence-corrected chi connectivity index (χ3v) is 1.96. The molecule has 0 atom stereocenters. The van der Waals surface area contributed by atoms with Crippen LogP contribution in [0, 0.1) is 0 Å². The Balaban J connectivity index is 3.01. The van der Waals surface area contributed by atoms with Crippen LogP contribution in [0.4, 0.5) is 0 Å². The van der Waals surface area contributed by atoms with Gasteiger partial charge < -0.3 is 4.57 Å². The Morgan fingerprint density at radius 3 is 3.00 bits per heavy atom. The van der Waals surface area contributed by atoms with E-state index in [-0.39, 0.29) is 5.56 Å². The zero-order valence-corrected chi connectivity index (χ0v) is 7.62. The quantitative estimate of drug-likeness (QED) is 0.589. The summed E-state index contributed by atoms with van der Waals surface area (Å²) in [6.45, 7) is 0. The Morgan fingerprint density at radius 1 is 1.46 bits per heavy atom. The van der Waals surface area contributed by atoms with Crippen molar-refractivity contribution >= 4 is 22.6 Å². The molecule has 2 aromatic rings. The minimum absolute atomic E-state index is 0.280. The van der Waals surface area contributed by atoms with Gasteiger partial charge in [0.2, 0.25) is 0 Å². The van der Waals surface area contributed by atoms with Crippen molar-refractivity contribution in [3.05, 3.63) is 34.0 Å². The third-order valence-electron chi connectivity index (χ3n) is 1.75. The average Bonchev–Trinajstić information content (AvgIpc) is 2.12. The highest BCUT2D eigenvalue weighted by atomic mass is 35.5. The van der Waals surface area contributed by atoms with Crippen molar-refractivity contribution in [1.82, 2.24) is 14.5 Å². The van der Waals surface area contributed by atoms with Gasteiger partial charge >= 0.3 is 0 Å². The van der Waals surface area contributed by atoms with E-state index in [4.69, 9.17) is 11.6 Å². The first-order chi connectivity index (χ1) is 6.18. The van der Waals surface area contributed by atoms with Gasteiger partial charge in [-0.25, -0.2) is 4.98 Å². The van der Waals surface area contributed by atoms with E-state index in [1.807, 2.05) is 0 Å². The molecule has 2 heterocycles. The zero-order chi connectivity index (χ0) is 9.42. The van der Waals surface area contributed by atoms with Gasteiger partial charge in [-0.1, -0.05) is 11.6 Å². The van der Waals surface area contributed by atoms with E-state index in [1.54, 1.807) is 23.7 Å². The van der Waals surface area contributed by atoms with Crippen LogP contribution in [0.2, 0.25) is 5.15 Å². The molecule has 0 radical (unpaired) electrons. The molecule has 5 heteroatoms. The summed E-state index contributed by atoms with van der Waals surface area (Å²) in [6, 6.07) is 3.20. The molecule has 0 aliphatic carbocycles. The number of hydrogen-bond donors (Lipinski definition) is 0. The molecule has 0 spiro atoms. The highest BCUT2D eigenvalue weighted by Crippen LogP contribution is 2.09. The maximum absolute atomic E-state index is 11.2. The second-order valence-corrected chi connectivity index (χ2v) is 3.05. The number of halogens is 1. The number of aromatic nitrogens is 3. The maximum atomic E-state index is 11.2. The van der Waals surface area contributed by atoms with Crippen LogP contribution in [-0.2, 0) is 7.05 Å². The fraction of sp³-hybridized carbons (Fsp3) is 0.125. The van der Waals surface area contributed by atoms with Crippen molar-refractivity contribution in [3.8, 4) is 0 Å². The van der Waals surface area contributed by atoms with E-state index in [1.165, 1.54) is 6.33 Å². The number of rotatable bonds is 0. The SMILES string of the molecule is Cn1cnc(=O)c2ccc(Cl)nc21. The van der Waals surface area contributed by atoms with Gasteiger partial charge in [0.15, 0.2) is 0 Å². The van der Waals surface area contributed by atoms with Crippen LogP contribution in [0.15, 0.2) is 23.3 Å². The summed E-state index contributed by atoms with van der Waals surface area (Å²) in [5, 5.41) is 0.850. The van der Waals surface area contributed by atoms with Gasteiger partial charge in [0.25, 0.3) is 5.56 Å². The fourth-order valence-electron chi connectivity index (χ4n) is 1.12. The minimum atomic E-state index is -0.280. The second-order valence-electron chi connectivity index (χ2n) is 2.67. The molecule has 0 N–H and O–H groups in total. The van der Waals surface area contributed by atoms with Gasteiger partial charge in [0.05, 0.1) is 5.39 Å². The third kappa shape index (κ3) is 1.29. The van der Waals surface area contributed by atoms with Gasteiger partial charge in [-0.15, -0.1) is 0 Å². The largest absolute Gasteiger partial charge is 0.319 e. The topological polar surface area (TPSA) is 47.8 Å². The monoisotopic (exact) mass is 195 g/mol. The normalized spacial score (nSPS) is 10.6. The Kier molecular flexibility index (Phi) is 1.77. The van der Waals surface area contributed by atoms with Crippen LogP contribution in [0.5, 0.6) is 0 Å². The highest BCUT2D eigenvalue weighted by molar-refractivity contribution is 6.29. The van der Waals surface area contributed by atoms with Crippen LogP contribution >= 0.6 is 11.6 Å². The van der Waals surface area contributed by atoms with Crippen molar-refractivity contribution in [1.29, 1.82) is 0 Å². The number of fused-ring (bicyclic) bond motifs is 1. The van der Waals surface area contributed by atoms with Gasteiger partial charge in [-0.3, -0.25) is 4.79 Å². The lowest BCUT2D eigenvalue weighted by Gasteiger charge is -2.01. The number of nitrogens with zero attached hydrogens (tertiary/aromatic N) is 3. The van der Waals surface area contributed by atoms with Crippen LogP contribution in [0.1, 0.15) is 0 Å². The molecule has 0 aromatic carbocycles. The number of aryl methyl sites for hydroxylation is 1. The smallest absolute Gasteiger partial charge is 0.282 e. The first-order valence-electron chi connectivity index (χ1n) is 3.66. The first kappa shape index (κ1) is 8.19. The van der Waals surface area contributed by atoms with Gasteiger partial charge in [-0.05, 0) is 12.1 Å². The molecule has 0 unspecified atom stereocenters. The molecule has 2 rings (SSSR count). The van der Waals surface area contributed by atoms with E-state index in [9.17, 15) is 4.79 Å². The molecule has 66 valence electrons. The van der Waals surface area contributed by atoms with Crippen LogP contribution < -0.4 is 5.56 Å². The van der Waals surface area contributed by atoms with Crippen molar-refractivity contribution in [2.45, 2.75) is 0 Å². The second kappa shape index (κ2) is 2.81. The van der Waals surface area contributed by atoms with E-state index in [0.717, 1.165) is 0 Å². The van der Waals surface area contributed by atoms with Crippen molar-refractivity contribution < 1.29 is 0 Å². The molecule has 0 bridgehead atoms. The number of pyridine rings is 1. The Bertz CT molecular complexity index is 520. The van der Waals surface area contributed by atoms with Crippen molar-refractivity contribution in [3.63, 3.8) is 0 Å². The summed E-state index contributed by atoms with van der Waals surface area (Å²) in [5.41, 5.74) is 0.268. The minimum Gasteiger partial charge on any atom is -0.319 e. The van der Waals surface area contributed by atoms with E-state index < -0.39 is 0 Å². The van der Waals surface area contributed by atoms with E-state index in [0.29, 0.717) is 16.2 Å². The fourth-order valence-corrected chi connectivity index (χ4v) is 1.27. The van der Waals surface area contributed by atoms with Gasteiger partial charge in [-0.2, -0.15) is 4.98 Å². The summed E-state index contributed by atoms with van der Waals surface area (Å²) in [5.74, 6) is 0. The van der Waals surface area contributed by atoms with Crippen LogP contribution in [-0.4, -0.2) is 14.5 Å². The standard InChI is InChI=1S/C8H6ClN3O/c1-12-4-10-8(13)5-2-3-6(9)11-7(5)12/h2-4H,1H3. The number of hydrogen-bond acceptors (Lipinski definition) is 3. The molecule has 13 heavy (non-hydrogen) atoms. The summed E-state index contributed by atoms with van der Waals surface area (Å²) >= 11 is 5.70. The summed E-state index contributed by atoms with van der Waals surface area (Å²) in [6.07, 6.45) is 1.42. The Hall–Kier alpha value is -1.42. The summed E-state index contributed by atoms with van der Waals surface area (Å²) < 4.78 is 1.66. The lowest BCUT2D eigenvalue weighted by atomic mass is 10.3. The molecule has 0 saturated carbocycles. The molecule has 0 aliphatic rings. The summed E-state index contributed by atoms with van der Waals surface area (Å²) in [4.78, 5) is 18.9. The predicted octanol–water partition coefficient (Wildman–Crippen LogP) is 0.982. The molecule has 4 nitrogen and oxygen atoms in total. The predicted molar refractivity (Wildman–Crippen MR) is 49.8 cm³/mol. The zero-order valence-electron chi connectivity index (χ0n) is 6.86. The van der Waals surface area contributed by atoms with Crippen molar-refractivity contribution in [2.24, 2.45) is 7.05 Å². The molecular formula is C8H6ClN3O. The lowest BCUT2D eigenvalue weighted by molar-refractivity contribution is 0.884. The van der Waals surface area contributed by atoms with Crippen LogP contribution in [0.25, 0.3) is 11.0 Å². The average molecular weight is 196 g/mol. The molecule has 0 saturated heterocycles. The van der Waals surface area contributed by atoms with Crippen LogP contribution in [0.3, 0.4) is 0 Å². The highest BCUT2D eigenvalue weighted by Gasteiger charge is 2.02. The first-order valence-corrected chi connectivity index (χ1v) is 4.04. The Labute approximate surface area is 78.8 Å². The van der Waals surface area contributed by atoms with Crippen molar-refractivity contribution in [2.75, 3.05) is 0 Å². The summed E-state index contributed by atoms with van der Waals surface area (Å²) in [7, 11) is 1.76. The molecule has 0 amide bonds. The van der Waals surface area contributed by atoms with Gasteiger partial charge in [0.1, 0.15) is 17.1 Å². The lowest BCUT2D eigenvalue weighted by Crippen LogP contribution is -2.11. The molecule has 2 aromatic heterocycles. The van der Waals surface area contributed by atoms with Gasteiger partial charge in [0, 0.05) is 7.05 Å².